The minimum Gasteiger partial charge on any atom is -0.359 e. The predicted molar refractivity (Wildman–Crippen MR) is 90.8 cm³/mol. The van der Waals surface area contributed by atoms with Gasteiger partial charge in [0.2, 0.25) is 0 Å². The topological polar surface area (TPSA) is 28.2 Å². The van der Waals surface area contributed by atoms with Crippen LogP contribution in [0.2, 0.25) is 0 Å². The molecule has 1 aromatic rings. The van der Waals surface area contributed by atoms with Gasteiger partial charge in [0, 0.05) is 31.4 Å². The van der Waals surface area contributed by atoms with Crippen LogP contribution in [0.5, 0.6) is 0 Å². The van der Waals surface area contributed by atoms with E-state index in [2.05, 4.69) is 57.1 Å². The average Bonchev–Trinajstić information content (AvgIpc) is 2.89. The van der Waals surface area contributed by atoms with E-state index >= 15 is 0 Å². The van der Waals surface area contributed by atoms with Crippen LogP contribution < -0.4 is 10.2 Å². The molecular formula is C18H31N3. The first-order valence-electron chi connectivity index (χ1n) is 8.28. The Balaban J connectivity index is 1.97. The fraction of sp³-hybridized carbons (Fsp3) is 0.722. The fourth-order valence-electron chi connectivity index (χ4n) is 3.01. The summed E-state index contributed by atoms with van der Waals surface area (Å²) in [4.78, 5) is 7.13. The van der Waals surface area contributed by atoms with E-state index in [4.69, 9.17) is 4.98 Å². The molecule has 1 aromatic heterocycles. The van der Waals surface area contributed by atoms with Crippen LogP contribution >= 0.6 is 0 Å². The van der Waals surface area contributed by atoms with E-state index in [0.717, 1.165) is 30.5 Å². The van der Waals surface area contributed by atoms with Crippen molar-refractivity contribution in [2.75, 3.05) is 18.5 Å². The second kappa shape index (κ2) is 6.78. The number of rotatable bonds is 5. The van der Waals surface area contributed by atoms with Crippen LogP contribution in [-0.4, -0.2) is 24.1 Å². The lowest BCUT2D eigenvalue weighted by molar-refractivity contribution is 0.423. The van der Waals surface area contributed by atoms with E-state index in [1.807, 2.05) is 0 Å². The minimum absolute atomic E-state index is 0.143. The average molecular weight is 289 g/mol. The molecule has 1 N–H and O–H groups in total. The second-order valence-corrected chi connectivity index (χ2v) is 7.55. The summed E-state index contributed by atoms with van der Waals surface area (Å²) in [6.45, 7) is 10.7. The third kappa shape index (κ3) is 4.99. The zero-order valence-electron chi connectivity index (χ0n) is 14.4. The molecule has 0 atom stereocenters. The maximum Gasteiger partial charge on any atom is 0.128 e. The predicted octanol–water partition coefficient (Wildman–Crippen LogP) is 3.90. The van der Waals surface area contributed by atoms with Gasteiger partial charge >= 0.3 is 0 Å². The highest BCUT2D eigenvalue weighted by molar-refractivity contribution is 5.41. The minimum atomic E-state index is 0.143. The highest BCUT2D eigenvalue weighted by atomic mass is 15.2. The molecule has 1 fully saturated rings. The van der Waals surface area contributed by atoms with Gasteiger partial charge in [-0.3, -0.25) is 0 Å². The normalized spacial score (nSPS) is 16.4. The Labute approximate surface area is 130 Å². The quantitative estimate of drug-likeness (QED) is 0.891. The van der Waals surface area contributed by atoms with Crippen molar-refractivity contribution in [2.24, 2.45) is 5.92 Å². The van der Waals surface area contributed by atoms with Gasteiger partial charge in [-0.25, -0.2) is 4.98 Å². The van der Waals surface area contributed by atoms with Gasteiger partial charge in [-0.1, -0.05) is 18.9 Å². The van der Waals surface area contributed by atoms with Crippen molar-refractivity contribution in [1.82, 2.24) is 10.3 Å². The summed E-state index contributed by atoms with van der Waals surface area (Å²) in [5, 5.41) is 3.53. The van der Waals surface area contributed by atoms with E-state index in [1.165, 1.54) is 31.2 Å². The molecule has 1 heterocycles. The first kappa shape index (κ1) is 16.3. The van der Waals surface area contributed by atoms with Crippen LogP contribution in [0.1, 0.15) is 57.7 Å². The van der Waals surface area contributed by atoms with E-state index in [-0.39, 0.29) is 5.54 Å². The molecule has 0 spiro atoms. The Morgan fingerprint density at radius 1 is 1.24 bits per heavy atom. The zero-order chi connectivity index (χ0) is 15.5. The largest absolute Gasteiger partial charge is 0.359 e. The molecule has 0 bridgehead atoms. The van der Waals surface area contributed by atoms with Crippen LogP contribution in [0.25, 0.3) is 0 Å². The SMILES string of the molecule is Cc1nc(N(C)CC2CCCC2)ccc1CNC(C)(C)C. The van der Waals surface area contributed by atoms with Crippen molar-refractivity contribution < 1.29 is 0 Å². The van der Waals surface area contributed by atoms with E-state index in [0.29, 0.717) is 0 Å². The van der Waals surface area contributed by atoms with Gasteiger partial charge in [0.1, 0.15) is 5.82 Å². The van der Waals surface area contributed by atoms with Crippen molar-refractivity contribution in [3.05, 3.63) is 23.4 Å². The summed E-state index contributed by atoms with van der Waals surface area (Å²) in [5.41, 5.74) is 2.58. The molecule has 3 heteroatoms. The Morgan fingerprint density at radius 3 is 2.48 bits per heavy atom. The molecule has 0 aromatic carbocycles. The Morgan fingerprint density at radius 2 is 1.90 bits per heavy atom. The Hall–Kier alpha value is -1.09. The molecule has 1 saturated carbocycles. The molecule has 0 aliphatic heterocycles. The fourth-order valence-corrected chi connectivity index (χ4v) is 3.01. The first-order valence-corrected chi connectivity index (χ1v) is 8.28. The molecule has 3 nitrogen and oxygen atoms in total. The highest BCUT2D eigenvalue weighted by Crippen LogP contribution is 2.26. The number of aryl methyl sites for hydroxylation is 1. The van der Waals surface area contributed by atoms with Crippen molar-refractivity contribution >= 4 is 5.82 Å². The number of hydrogen-bond acceptors (Lipinski definition) is 3. The van der Waals surface area contributed by atoms with E-state index in [9.17, 15) is 0 Å². The summed E-state index contributed by atoms with van der Waals surface area (Å²) in [7, 11) is 2.17. The van der Waals surface area contributed by atoms with Crippen LogP contribution in [-0.2, 0) is 6.54 Å². The van der Waals surface area contributed by atoms with Crippen LogP contribution in [0.3, 0.4) is 0 Å². The number of aromatic nitrogens is 1. The Bertz CT molecular complexity index is 456. The third-order valence-corrected chi connectivity index (χ3v) is 4.39. The zero-order valence-corrected chi connectivity index (χ0v) is 14.4. The maximum absolute atomic E-state index is 4.80. The van der Waals surface area contributed by atoms with Gasteiger partial charge in [-0.15, -0.1) is 0 Å². The van der Waals surface area contributed by atoms with Crippen molar-refractivity contribution in [3.63, 3.8) is 0 Å². The Kier molecular flexibility index (Phi) is 5.26. The first-order chi connectivity index (χ1) is 9.85. The molecule has 2 rings (SSSR count). The monoisotopic (exact) mass is 289 g/mol. The van der Waals surface area contributed by atoms with Gasteiger partial charge in [-0.05, 0) is 58.1 Å². The molecule has 0 radical (unpaired) electrons. The van der Waals surface area contributed by atoms with Crippen LogP contribution in [0.4, 0.5) is 5.82 Å². The van der Waals surface area contributed by atoms with E-state index < -0.39 is 0 Å². The van der Waals surface area contributed by atoms with Crippen molar-refractivity contribution in [3.8, 4) is 0 Å². The summed E-state index contributed by atoms with van der Waals surface area (Å²) in [6.07, 6.45) is 5.58. The highest BCUT2D eigenvalue weighted by Gasteiger charge is 2.18. The number of pyridine rings is 1. The van der Waals surface area contributed by atoms with Crippen molar-refractivity contribution in [1.29, 1.82) is 0 Å². The smallest absolute Gasteiger partial charge is 0.128 e. The number of hydrogen-bond donors (Lipinski definition) is 1. The molecule has 0 unspecified atom stereocenters. The summed E-state index contributed by atoms with van der Waals surface area (Å²) in [5.74, 6) is 1.97. The van der Waals surface area contributed by atoms with Crippen LogP contribution in [0, 0.1) is 12.8 Å². The molecular weight excluding hydrogens is 258 g/mol. The molecule has 21 heavy (non-hydrogen) atoms. The molecule has 1 aliphatic rings. The molecule has 0 saturated heterocycles. The summed E-state index contributed by atoms with van der Waals surface area (Å²) >= 11 is 0. The van der Waals surface area contributed by atoms with Gasteiger partial charge in [0.05, 0.1) is 0 Å². The van der Waals surface area contributed by atoms with Gasteiger partial charge in [0.15, 0.2) is 0 Å². The molecule has 0 amide bonds. The lowest BCUT2D eigenvalue weighted by Crippen LogP contribution is -2.35. The summed E-state index contributed by atoms with van der Waals surface area (Å²) < 4.78 is 0. The van der Waals surface area contributed by atoms with E-state index in [1.54, 1.807) is 0 Å². The number of nitrogens with one attached hydrogen (secondary N) is 1. The molecule has 1 aliphatic carbocycles. The maximum atomic E-state index is 4.80. The van der Waals surface area contributed by atoms with Gasteiger partial charge in [-0.2, -0.15) is 0 Å². The lowest BCUT2D eigenvalue weighted by Gasteiger charge is -2.24. The second-order valence-electron chi connectivity index (χ2n) is 7.55. The van der Waals surface area contributed by atoms with Crippen molar-refractivity contribution in [2.45, 2.75) is 65.5 Å². The third-order valence-electron chi connectivity index (χ3n) is 4.39. The van der Waals surface area contributed by atoms with Gasteiger partial charge in [0.25, 0.3) is 0 Å². The summed E-state index contributed by atoms with van der Waals surface area (Å²) in [6, 6.07) is 4.39. The van der Waals surface area contributed by atoms with Crippen LogP contribution in [0.15, 0.2) is 12.1 Å². The number of nitrogens with zero attached hydrogens (tertiary/aromatic N) is 2. The lowest BCUT2D eigenvalue weighted by atomic mass is 10.1. The standard InChI is InChI=1S/C18H31N3/c1-14-16(12-19-18(2,3)4)10-11-17(20-14)21(5)13-15-8-6-7-9-15/h10-11,15,19H,6-9,12-13H2,1-5H3. The van der Waals surface area contributed by atoms with Gasteiger partial charge < -0.3 is 10.2 Å². The molecule has 118 valence electrons. The number of anilines is 1.